The van der Waals surface area contributed by atoms with Crippen LogP contribution in [-0.4, -0.2) is 34.3 Å². The van der Waals surface area contributed by atoms with Crippen LogP contribution in [0.3, 0.4) is 0 Å². The van der Waals surface area contributed by atoms with E-state index in [4.69, 9.17) is 11.6 Å². The molecule has 0 saturated carbocycles. The van der Waals surface area contributed by atoms with Gasteiger partial charge in [0.1, 0.15) is 5.69 Å². The van der Waals surface area contributed by atoms with Crippen molar-refractivity contribution in [2.24, 2.45) is 5.14 Å². The highest BCUT2D eigenvalue weighted by Crippen LogP contribution is 2.30. The minimum absolute atomic E-state index is 0.0152. The monoisotopic (exact) mass is 464 g/mol. The summed E-state index contributed by atoms with van der Waals surface area (Å²) in [6, 6.07) is 15.6. The number of carbonyl (C=O) groups is 1. The first-order valence-electron chi connectivity index (χ1n) is 9.23. The van der Waals surface area contributed by atoms with E-state index in [1.54, 1.807) is 12.1 Å². The van der Waals surface area contributed by atoms with Crippen LogP contribution in [0.4, 0.5) is 0 Å². The molecule has 0 aliphatic heterocycles. The standard InChI is InChI=1S/C22H16N4O4S2/c1-2-19-17(12-14-8-10-16(11-9-14)32(23,29)30)20(15-6-4-3-5-7-15)25-26(19)22-24-18(13-31-22)21(27)28/h1,3-11,13H,12H2,(H,27,28)(H2,23,29,30). The molecule has 10 heteroatoms. The fourth-order valence-electron chi connectivity index (χ4n) is 3.19. The largest absolute Gasteiger partial charge is 0.476 e. The Morgan fingerprint density at radius 3 is 2.41 bits per heavy atom. The normalized spacial score (nSPS) is 11.2. The summed E-state index contributed by atoms with van der Waals surface area (Å²) in [5.74, 6) is 1.51. The number of thiazole rings is 1. The minimum atomic E-state index is -3.80. The average Bonchev–Trinajstić information content (AvgIpc) is 3.39. The zero-order chi connectivity index (χ0) is 22.9. The van der Waals surface area contributed by atoms with Gasteiger partial charge in [0.25, 0.3) is 0 Å². The van der Waals surface area contributed by atoms with Gasteiger partial charge in [-0.3, -0.25) is 0 Å². The molecule has 2 aromatic carbocycles. The lowest BCUT2D eigenvalue weighted by Crippen LogP contribution is -2.11. The lowest BCUT2D eigenvalue weighted by molar-refractivity contribution is 0.0691. The summed E-state index contributed by atoms with van der Waals surface area (Å²) in [5, 5.41) is 20.8. The third-order valence-electron chi connectivity index (χ3n) is 4.69. The minimum Gasteiger partial charge on any atom is -0.476 e. The summed E-state index contributed by atoms with van der Waals surface area (Å²) in [4.78, 5) is 15.4. The first-order chi connectivity index (χ1) is 15.3. The topological polar surface area (TPSA) is 128 Å². The van der Waals surface area contributed by atoms with E-state index in [1.807, 2.05) is 30.3 Å². The molecule has 0 fully saturated rings. The highest BCUT2D eigenvalue weighted by Gasteiger charge is 2.22. The number of hydrogen-bond donors (Lipinski definition) is 2. The molecule has 0 atom stereocenters. The van der Waals surface area contributed by atoms with Gasteiger partial charge in [0.2, 0.25) is 15.2 Å². The summed E-state index contributed by atoms with van der Waals surface area (Å²) >= 11 is 1.12. The highest BCUT2D eigenvalue weighted by molar-refractivity contribution is 7.89. The van der Waals surface area contributed by atoms with Crippen LogP contribution < -0.4 is 5.14 Å². The molecule has 0 spiro atoms. The van der Waals surface area contributed by atoms with Gasteiger partial charge in [0.15, 0.2) is 5.69 Å². The number of nitrogens with two attached hydrogens (primary N) is 1. The van der Waals surface area contributed by atoms with Crippen molar-refractivity contribution in [1.82, 2.24) is 14.8 Å². The highest BCUT2D eigenvalue weighted by atomic mass is 32.2. The van der Waals surface area contributed by atoms with Crippen LogP contribution in [0.15, 0.2) is 64.9 Å². The van der Waals surface area contributed by atoms with E-state index < -0.39 is 16.0 Å². The molecule has 160 valence electrons. The molecule has 3 N–H and O–H groups in total. The van der Waals surface area contributed by atoms with Crippen LogP contribution in [0.2, 0.25) is 0 Å². The number of primary sulfonamides is 1. The number of carboxylic acids is 1. The van der Waals surface area contributed by atoms with Crippen LogP contribution in [0.1, 0.15) is 27.3 Å². The van der Waals surface area contributed by atoms with Crippen molar-refractivity contribution in [1.29, 1.82) is 0 Å². The van der Waals surface area contributed by atoms with E-state index in [-0.39, 0.29) is 10.6 Å². The van der Waals surface area contributed by atoms with Gasteiger partial charge in [-0.15, -0.1) is 17.8 Å². The summed E-state index contributed by atoms with van der Waals surface area (Å²) in [6.07, 6.45) is 6.20. The molecule has 0 amide bonds. The Morgan fingerprint density at radius 1 is 1.16 bits per heavy atom. The van der Waals surface area contributed by atoms with Crippen molar-refractivity contribution in [2.45, 2.75) is 11.3 Å². The summed E-state index contributed by atoms with van der Waals surface area (Å²) in [7, 11) is -3.80. The van der Waals surface area contributed by atoms with Crippen LogP contribution in [0, 0.1) is 12.3 Å². The van der Waals surface area contributed by atoms with Crippen LogP contribution in [0.25, 0.3) is 16.4 Å². The lowest BCUT2D eigenvalue weighted by Gasteiger charge is -2.06. The van der Waals surface area contributed by atoms with Gasteiger partial charge in [0, 0.05) is 22.9 Å². The maximum Gasteiger partial charge on any atom is 0.355 e. The van der Waals surface area contributed by atoms with E-state index in [2.05, 4.69) is 16.0 Å². The molecule has 0 radical (unpaired) electrons. The van der Waals surface area contributed by atoms with Crippen molar-refractivity contribution >= 4 is 27.3 Å². The molecule has 0 bridgehead atoms. The molecule has 0 saturated heterocycles. The van der Waals surface area contributed by atoms with E-state index in [9.17, 15) is 18.3 Å². The Morgan fingerprint density at radius 2 is 1.84 bits per heavy atom. The number of benzene rings is 2. The van der Waals surface area contributed by atoms with Gasteiger partial charge in [-0.1, -0.05) is 42.5 Å². The van der Waals surface area contributed by atoms with Gasteiger partial charge in [-0.2, -0.15) is 9.78 Å². The Hall–Kier alpha value is -3.78. The molecule has 32 heavy (non-hydrogen) atoms. The van der Waals surface area contributed by atoms with Gasteiger partial charge in [0.05, 0.1) is 10.6 Å². The van der Waals surface area contributed by atoms with Crippen molar-refractivity contribution in [3.63, 3.8) is 0 Å². The first kappa shape index (κ1) is 21.5. The molecular weight excluding hydrogens is 448 g/mol. The number of carboxylic acid groups (broad SMARTS) is 1. The Balaban J connectivity index is 1.85. The SMILES string of the molecule is C#Cc1c(Cc2ccc(S(N)(=O)=O)cc2)c(-c2ccccc2)nn1-c1nc(C(=O)O)cs1. The average molecular weight is 465 g/mol. The van der Waals surface area contributed by atoms with Gasteiger partial charge < -0.3 is 5.11 Å². The second kappa shape index (κ2) is 8.39. The molecule has 0 aliphatic carbocycles. The first-order valence-corrected chi connectivity index (χ1v) is 11.7. The molecule has 0 aliphatic rings. The number of hydrogen-bond acceptors (Lipinski definition) is 6. The maximum atomic E-state index is 11.5. The number of terminal acetylenes is 1. The smallest absolute Gasteiger partial charge is 0.355 e. The predicted octanol–water partition coefficient (Wildman–Crippen LogP) is 2.91. The fraction of sp³-hybridized carbons (Fsp3) is 0.0455. The van der Waals surface area contributed by atoms with E-state index in [1.165, 1.54) is 22.2 Å². The van der Waals surface area contributed by atoms with Crippen molar-refractivity contribution in [3.05, 3.63) is 82.5 Å². The molecule has 8 nitrogen and oxygen atoms in total. The number of aromatic carboxylic acids is 1. The quantitative estimate of drug-likeness (QED) is 0.422. The fourth-order valence-corrected chi connectivity index (χ4v) is 4.46. The van der Waals surface area contributed by atoms with Crippen LogP contribution in [-0.2, 0) is 16.4 Å². The third kappa shape index (κ3) is 4.17. The molecule has 2 heterocycles. The Labute approximate surface area is 188 Å². The third-order valence-corrected chi connectivity index (χ3v) is 6.44. The summed E-state index contributed by atoms with van der Waals surface area (Å²) in [5.41, 5.74) is 3.33. The molecule has 2 aromatic heterocycles. The maximum absolute atomic E-state index is 11.5. The number of sulfonamides is 1. The van der Waals surface area contributed by atoms with E-state index in [0.29, 0.717) is 22.9 Å². The lowest BCUT2D eigenvalue weighted by atomic mass is 9.99. The van der Waals surface area contributed by atoms with Crippen molar-refractivity contribution < 1.29 is 18.3 Å². The van der Waals surface area contributed by atoms with Crippen molar-refractivity contribution in [3.8, 4) is 28.7 Å². The molecule has 4 aromatic rings. The summed E-state index contributed by atoms with van der Waals surface area (Å²) in [6.45, 7) is 0. The van der Waals surface area contributed by atoms with Crippen LogP contribution >= 0.6 is 11.3 Å². The summed E-state index contributed by atoms with van der Waals surface area (Å²) < 4.78 is 24.6. The molecule has 0 unspecified atom stereocenters. The molecule has 4 rings (SSSR count). The Bertz CT molecular complexity index is 1450. The number of rotatable bonds is 6. The zero-order valence-corrected chi connectivity index (χ0v) is 18.1. The number of aromatic nitrogens is 3. The Kier molecular flexibility index (Phi) is 5.63. The van der Waals surface area contributed by atoms with Crippen molar-refractivity contribution in [2.75, 3.05) is 0 Å². The van der Waals surface area contributed by atoms with Crippen LogP contribution in [0.5, 0.6) is 0 Å². The number of nitrogens with zero attached hydrogens (tertiary/aromatic N) is 3. The second-order valence-electron chi connectivity index (χ2n) is 6.78. The van der Waals surface area contributed by atoms with Gasteiger partial charge in [-0.05, 0) is 23.6 Å². The molecular formula is C22H16N4O4S2. The second-order valence-corrected chi connectivity index (χ2v) is 9.18. The van der Waals surface area contributed by atoms with Gasteiger partial charge >= 0.3 is 5.97 Å². The van der Waals surface area contributed by atoms with Gasteiger partial charge in [-0.25, -0.2) is 23.3 Å². The predicted molar refractivity (Wildman–Crippen MR) is 120 cm³/mol. The van der Waals surface area contributed by atoms with E-state index >= 15 is 0 Å². The zero-order valence-electron chi connectivity index (χ0n) is 16.5. The van der Waals surface area contributed by atoms with E-state index in [0.717, 1.165) is 28.0 Å².